The van der Waals surface area contributed by atoms with Gasteiger partial charge in [-0.05, 0) is 67.3 Å². The molecule has 28 heavy (non-hydrogen) atoms. The number of anilines is 2. The lowest BCUT2D eigenvalue weighted by atomic mass is 9.87. The van der Waals surface area contributed by atoms with Gasteiger partial charge in [-0.2, -0.15) is 0 Å². The molecule has 0 unspecified atom stereocenters. The highest BCUT2D eigenvalue weighted by molar-refractivity contribution is 7.92. The Morgan fingerprint density at radius 2 is 1.89 bits per heavy atom. The van der Waals surface area contributed by atoms with Gasteiger partial charge in [-0.3, -0.25) is 9.52 Å². The number of carbonyl (C=O) groups is 1. The molecule has 1 saturated carbocycles. The number of amides is 1. The molecule has 1 heterocycles. The molecule has 148 valence electrons. The second kappa shape index (κ2) is 6.30. The van der Waals surface area contributed by atoms with Gasteiger partial charge in [0.05, 0.1) is 10.6 Å². The normalized spacial score (nSPS) is 18.1. The molecule has 1 aliphatic carbocycles. The maximum atomic E-state index is 13.3. The number of carbonyl (C=O) groups excluding carboxylic acids is 1. The minimum absolute atomic E-state index is 0.105. The SMILES string of the molecule is Cc1cc(F)ccc1NS(=O)(=O)c1ccc2c(c1)C(C)(C)CN2C(=O)C1CC1. The third-order valence-corrected chi connectivity index (χ3v) is 6.84. The molecule has 1 aliphatic heterocycles. The van der Waals surface area contributed by atoms with Gasteiger partial charge >= 0.3 is 0 Å². The fourth-order valence-corrected chi connectivity index (χ4v) is 4.87. The monoisotopic (exact) mass is 402 g/mol. The van der Waals surface area contributed by atoms with Crippen LogP contribution in [0.1, 0.15) is 37.8 Å². The van der Waals surface area contributed by atoms with E-state index in [9.17, 15) is 17.6 Å². The lowest BCUT2D eigenvalue weighted by molar-refractivity contribution is -0.119. The van der Waals surface area contributed by atoms with Gasteiger partial charge in [0, 0.05) is 23.6 Å². The Kier molecular flexibility index (Phi) is 4.26. The summed E-state index contributed by atoms with van der Waals surface area (Å²) in [6.07, 6.45) is 1.86. The standard InChI is InChI=1S/C21H23FN2O3S/c1-13-10-15(22)6-8-18(13)23-28(26,27)16-7-9-19-17(11-16)21(2,3)12-24(19)20(25)14-4-5-14/h6-11,14,23H,4-5,12H2,1-3H3. The predicted molar refractivity (Wildman–Crippen MR) is 106 cm³/mol. The van der Waals surface area contributed by atoms with E-state index in [0.717, 1.165) is 24.1 Å². The van der Waals surface area contributed by atoms with Crippen molar-refractivity contribution in [2.75, 3.05) is 16.2 Å². The molecule has 1 N–H and O–H groups in total. The zero-order valence-electron chi connectivity index (χ0n) is 16.1. The molecule has 0 atom stereocenters. The first-order valence-corrected chi connectivity index (χ1v) is 10.8. The van der Waals surface area contributed by atoms with Crippen LogP contribution in [0.15, 0.2) is 41.3 Å². The van der Waals surface area contributed by atoms with Crippen molar-refractivity contribution in [1.29, 1.82) is 0 Å². The zero-order chi connectivity index (χ0) is 20.3. The van der Waals surface area contributed by atoms with E-state index in [-0.39, 0.29) is 22.1 Å². The molecule has 1 fully saturated rings. The van der Waals surface area contributed by atoms with E-state index in [4.69, 9.17) is 0 Å². The molecule has 0 radical (unpaired) electrons. The van der Waals surface area contributed by atoms with Crippen molar-refractivity contribution in [2.24, 2.45) is 5.92 Å². The summed E-state index contributed by atoms with van der Waals surface area (Å²) in [4.78, 5) is 14.5. The first-order chi connectivity index (χ1) is 13.1. The number of nitrogens with zero attached hydrogens (tertiary/aromatic N) is 1. The summed E-state index contributed by atoms with van der Waals surface area (Å²) in [5.74, 6) is -0.184. The summed E-state index contributed by atoms with van der Waals surface area (Å²) in [6, 6.07) is 8.81. The Morgan fingerprint density at radius 1 is 1.18 bits per heavy atom. The molecule has 0 bridgehead atoms. The molecule has 2 aromatic rings. The maximum Gasteiger partial charge on any atom is 0.261 e. The van der Waals surface area contributed by atoms with E-state index in [1.165, 1.54) is 24.3 Å². The number of hydrogen-bond acceptors (Lipinski definition) is 3. The molecule has 2 aromatic carbocycles. The van der Waals surface area contributed by atoms with Gasteiger partial charge in [-0.25, -0.2) is 12.8 Å². The quantitative estimate of drug-likeness (QED) is 0.842. The van der Waals surface area contributed by atoms with E-state index < -0.39 is 15.8 Å². The van der Waals surface area contributed by atoms with E-state index in [2.05, 4.69) is 4.72 Å². The van der Waals surface area contributed by atoms with Crippen LogP contribution in [0, 0.1) is 18.7 Å². The fourth-order valence-electron chi connectivity index (χ4n) is 3.72. The minimum Gasteiger partial charge on any atom is -0.311 e. The number of fused-ring (bicyclic) bond motifs is 1. The Morgan fingerprint density at radius 3 is 2.54 bits per heavy atom. The van der Waals surface area contributed by atoms with Crippen molar-refractivity contribution >= 4 is 27.3 Å². The van der Waals surface area contributed by atoms with Crippen LogP contribution in [-0.4, -0.2) is 20.9 Å². The molecule has 2 aliphatic rings. The summed E-state index contributed by atoms with van der Waals surface area (Å²) in [5.41, 5.74) is 2.15. The molecule has 7 heteroatoms. The van der Waals surface area contributed by atoms with Gasteiger partial charge in [0.25, 0.3) is 10.0 Å². The van der Waals surface area contributed by atoms with Crippen molar-refractivity contribution < 1.29 is 17.6 Å². The third kappa shape index (κ3) is 3.28. The van der Waals surface area contributed by atoms with Crippen LogP contribution in [0.2, 0.25) is 0 Å². The summed E-state index contributed by atoms with van der Waals surface area (Å²) >= 11 is 0. The first kappa shape index (κ1) is 18.9. The van der Waals surface area contributed by atoms with Gasteiger partial charge in [-0.15, -0.1) is 0 Å². The number of aryl methyl sites for hydroxylation is 1. The number of nitrogens with one attached hydrogen (secondary N) is 1. The average Bonchev–Trinajstić information content (AvgIpc) is 3.42. The Hall–Kier alpha value is -2.41. The van der Waals surface area contributed by atoms with Gasteiger partial charge in [0.1, 0.15) is 5.82 Å². The Balaban J connectivity index is 1.69. The molecule has 0 spiro atoms. The molecular weight excluding hydrogens is 379 g/mol. The Labute approximate surface area is 164 Å². The van der Waals surface area contributed by atoms with Gasteiger partial charge < -0.3 is 4.90 Å². The number of hydrogen-bond donors (Lipinski definition) is 1. The zero-order valence-corrected chi connectivity index (χ0v) is 16.9. The molecule has 0 aromatic heterocycles. The van der Waals surface area contributed by atoms with Crippen LogP contribution in [0.5, 0.6) is 0 Å². The largest absolute Gasteiger partial charge is 0.311 e. The topological polar surface area (TPSA) is 66.5 Å². The van der Waals surface area contributed by atoms with Crippen LogP contribution < -0.4 is 9.62 Å². The summed E-state index contributed by atoms with van der Waals surface area (Å²) in [5, 5.41) is 0. The number of benzene rings is 2. The van der Waals surface area contributed by atoms with Crippen molar-refractivity contribution in [2.45, 2.75) is 43.9 Å². The van der Waals surface area contributed by atoms with E-state index in [1.54, 1.807) is 24.0 Å². The highest BCUT2D eigenvalue weighted by atomic mass is 32.2. The molecule has 1 amide bonds. The highest BCUT2D eigenvalue weighted by Crippen LogP contribution is 2.44. The van der Waals surface area contributed by atoms with Gasteiger partial charge in [0.15, 0.2) is 0 Å². The van der Waals surface area contributed by atoms with Gasteiger partial charge in [0.2, 0.25) is 5.91 Å². The number of sulfonamides is 1. The first-order valence-electron chi connectivity index (χ1n) is 9.33. The van der Waals surface area contributed by atoms with Crippen molar-refractivity contribution in [3.05, 3.63) is 53.3 Å². The predicted octanol–water partition coefficient (Wildman–Crippen LogP) is 3.97. The van der Waals surface area contributed by atoms with Crippen LogP contribution >= 0.6 is 0 Å². The average molecular weight is 402 g/mol. The number of rotatable bonds is 4. The highest BCUT2D eigenvalue weighted by Gasteiger charge is 2.43. The van der Waals surface area contributed by atoms with E-state index >= 15 is 0 Å². The van der Waals surface area contributed by atoms with E-state index in [0.29, 0.717) is 17.8 Å². The second-order valence-electron chi connectivity index (χ2n) is 8.33. The third-order valence-electron chi connectivity index (χ3n) is 5.48. The van der Waals surface area contributed by atoms with Crippen LogP contribution in [0.25, 0.3) is 0 Å². The summed E-state index contributed by atoms with van der Waals surface area (Å²) in [6.45, 7) is 6.22. The fraction of sp³-hybridized carbons (Fsp3) is 0.381. The maximum absolute atomic E-state index is 13.3. The lowest BCUT2D eigenvalue weighted by Gasteiger charge is -2.20. The molecular formula is C21H23FN2O3S. The van der Waals surface area contributed by atoms with Crippen molar-refractivity contribution in [3.8, 4) is 0 Å². The van der Waals surface area contributed by atoms with Crippen molar-refractivity contribution in [3.63, 3.8) is 0 Å². The van der Waals surface area contributed by atoms with Crippen LogP contribution in [-0.2, 0) is 20.2 Å². The van der Waals surface area contributed by atoms with Crippen molar-refractivity contribution in [1.82, 2.24) is 0 Å². The number of halogens is 1. The summed E-state index contributed by atoms with van der Waals surface area (Å²) in [7, 11) is -3.84. The smallest absolute Gasteiger partial charge is 0.261 e. The molecule has 5 nitrogen and oxygen atoms in total. The summed E-state index contributed by atoms with van der Waals surface area (Å²) < 4.78 is 41.6. The minimum atomic E-state index is -3.84. The van der Waals surface area contributed by atoms with Crippen LogP contribution in [0.4, 0.5) is 15.8 Å². The lowest BCUT2D eigenvalue weighted by Crippen LogP contribution is -2.34. The Bertz CT molecular complexity index is 1080. The van der Waals surface area contributed by atoms with Crippen LogP contribution in [0.3, 0.4) is 0 Å². The molecule has 4 rings (SSSR count). The second-order valence-corrected chi connectivity index (χ2v) is 10.0. The van der Waals surface area contributed by atoms with E-state index in [1.807, 2.05) is 13.8 Å². The van der Waals surface area contributed by atoms with Gasteiger partial charge in [-0.1, -0.05) is 13.8 Å². The molecule has 0 saturated heterocycles.